The van der Waals surface area contributed by atoms with Crippen molar-refractivity contribution in [2.45, 2.75) is 33.6 Å². The number of benzene rings is 1. The van der Waals surface area contributed by atoms with Crippen LogP contribution in [0.1, 0.15) is 51.1 Å². The van der Waals surface area contributed by atoms with Crippen LogP contribution < -0.4 is 5.32 Å². The molecule has 132 valence electrons. The van der Waals surface area contributed by atoms with Gasteiger partial charge >= 0.3 is 5.97 Å². The van der Waals surface area contributed by atoms with Crippen LogP contribution in [0.25, 0.3) is 0 Å². The van der Waals surface area contributed by atoms with Crippen LogP contribution in [0.4, 0.5) is 5.13 Å². The molecule has 1 N–H and O–H groups in total. The molecule has 2 rings (SSSR count). The van der Waals surface area contributed by atoms with Gasteiger partial charge in [-0.25, -0.2) is 9.78 Å². The van der Waals surface area contributed by atoms with Gasteiger partial charge in [0.05, 0.1) is 12.3 Å². The topological polar surface area (TPSA) is 85.4 Å². The molecule has 6 nitrogen and oxygen atoms in total. The summed E-state index contributed by atoms with van der Waals surface area (Å²) in [5, 5.41) is 2.95. The number of hydrogen-bond acceptors (Lipinski definition) is 6. The minimum atomic E-state index is -0.451. The first kappa shape index (κ1) is 18.8. The van der Waals surface area contributed by atoms with Crippen LogP contribution >= 0.6 is 11.3 Å². The Morgan fingerprint density at radius 2 is 1.80 bits per heavy atom. The van der Waals surface area contributed by atoms with E-state index >= 15 is 0 Å². The largest absolute Gasteiger partial charge is 0.462 e. The summed E-state index contributed by atoms with van der Waals surface area (Å²) in [4.78, 5) is 40.4. The standard InChI is InChI=1S/C18H20N2O4S/c1-4-24-17(23)16-12(3)19-18(25-16)20-15(22)10-9-14(21)13-7-5-11(2)6-8-13/h5-8H,4,9-10H2,1-3H3,(H,19,20,22). The number of ether oxygens (including phenoxy) is 1. The van der Waals surface area contributed by atoms with Crippen LogP contribution in [-0.2, 0) is 9.53 Å². The van der Waals surface area contributed by atoms with Crippen LogP contribution in [-0.4, -0.2) is 29.3 Å². The first-order valence-electron chi connectivity index (χ1n) is 7.95. The molecule has 0 saturated heterocycles. The average Bonchev–Trinajstić information content (AvgIpc) is 2.94. The Kier molecular flexibility index (Phi) is 6.41. The molecular weight excluding hydrogens is 340 g/mol. The normalized spacial score (nSPS) is 10.4. The lowest BCUT2D eigenvalue weighted by molar-refractivity contribution is -0.116. The molecular formula is C18H20N2O4S. The molecule has 0 bridgehead atoms. The Hall–Kier alpha value is -2.54. The number of aromatic nitrogens is 1. The van der Waals surface area contributed by atoms with E-state index < -0.39 is 5.97 Å². The zero-order valence-electron chi connectivity index (χ0n) is 14.4. The minimum absolute atomic E-state index is 0.0556. The molecule has 1 aromatic carbocycles. The number of thiazole rings is 1. The van der Waals surface area contributed by atoms with E-state index in [1.165, 1.54) is 0 Å². The van der Waals surface area contributed by atoms with Crippen molar-refractivity contribution in [2.75, 3.05) is 11.9 Å². The average molecular weight is 360 g/mol. The second kappa shape index (κ2) is 8.53. The Morgan fingerprint density at radius 1 is 1.12 bits per heavy atom. The summed E-state index contributed by atoms with van der Waals surface area (Å²) in [5.74, 6) is -0.852. The van der Waals surface area contributed by atoms with Gasteiger partial charge in [0, 0.05) is 18.4 Å². The van der Waals surface area contributed by atoms with E-state index in [0.29, 0.717) is 21.3 Å². The Morgan fingerprint density at radius 3 is 2.44 bits per heavy atom. The molecule has 0 unspecified atom stereocenters. The summed E-state index contributed by atoms with van der Waals surface area (Å²) < 4.78 is 4.94. The zero-order valence-corrected chi connectivity index (χ0v) is 15.2. The maximum Gasteiger partial charge on any atom is 0.350 e. The van der Waals surface area contributed by atoms with E-state index in [1.54, 1.807) is 26.0 Å². The lowest BCUT2D eigenvalue weighted by Crippen LogP contribution is -2.13. The van der Waals surface area contributed by atoms with Crippen molar-refractivity contribution in [3.8, 4) is 0 Å². The van der Waals surface area contributed by atoms with Gasteiger partial charge in [0.25, 0.3) is 0 Å². The number of Topliss-reactive ketones (excluding diaryl/α,β-unsaturated/α-hetero) is 1. The lowest BCUT2D eigenvalue weighted by Gasteiger charge is -2.02. The summed E-state index contributed by atoms with van der Waals surface area (Å²) in [5.41, 5.74) is 2.17. The molecule has 0 aliphatic heterocycles. The van der Waals surface area contributed by atoms with Crippen molar-refractivity contribution in [1.29, 1.82) is 0 Å². The highest BCUT2D eigenvalue weighted by Crippen LogP contribution is 2.23. The van der Waals surface area contributed by atoms with Gasteiger partial charge in [-0.1, -0.05) is 41.2 Å². The number of carbonyl (C=O) groups is 3. The molecule has 0 fully saturated rings. The number of ketones is 1. The fourth-order valence-electron chi connectivity index (χ4n) is 2.13. The van der Waals surface area contributed by atoms with E-state index in [1.807, 2.05) is 19.1 Å². The van der Waals surface area contributed by atoms with Crippen LogP contribution in [0.3, 0.4) is 0 Å². The Labute approximate surface area is 150 Å². The lowest BCUT2D eigenvalue weighted by atomic mass is 10.1. The summed E-state index contributed by atoms with van der Waals surface area (Å²) >= 11 is 1.07. The van der Waals surface area contributed by atoms with Crippen molar-refractivity contribution in [2.24, 2.45) is 0 Å². The summed E-state index contributed by atoms with van der Waals surface area (Å²) in [6, 6.07) is 7.24. The van der Waals surface area contributed by atoms with Gasteiger partial charge in [0.15, 0.2) is 10.9 Å². The molecule has 0 saturated carbocycles. The molecule has 0 atom stereocenters. The summed E-state index contributed by atoms with van der Waals surface area (Å²) in [6.45, 7) is 5.63. The number of anilines is 1. The predicted octanol–water partition coefficient (Wildman–Crippen LogP) is 3.54. The van der Waals surface area contributed by atoms with E-state index in [2.05, 4.69) is 10.3 Å². The van der Waals surface area contributed by atoms with Crippen molar-refractivity contribution < 1.29 is 19.1 Å². The van der Waals surface area contributed by atoms with E-state index in [-0.39, 0.29) is 31.1 Å². The van der Waals surface area contributed by atoms with Crippen LogP contribution in [0.5, 0.6) is 0 Å². The van der Waals surface area contributed by atoms with Crippen LogP contribution in [0.15, 0.2) is 24.3 Å². The Bertz CT molecular complexity index is 781. The number of nitrogens with one attached hydrogen (secondary N) is 1. The monoisotopic (exact) mass is 360 g/mol. The van der Waals surface area contributed by atoms with Crippen LogP contribution in [0, 0.1) is 13.8 Å². The fraction of sp³-hybridized carbons (Fsp3) is 0.333. The first-order chi connectivity index (χ1) is 11.9. The molecule has 0 radical (unpaired) electrons. The number of carbonyl (C=O) groups excluding carboxylic acids is 3. The number of amides is 1. The van der Waals surface area contributed by atoms with E-state index in [4.69, 9.17) is 4.74 Å². The number of esters is 1. The highest BCUT2D eigenvalue weighted by molar-refractivity contribution is 7.17. The molecule has 7 heteroatoms. The van der Waals surface area contributed by atoms with Crippen LogP contribution in [0.2, 0.25) is 0 Å². The zero-order chi connectivity index (χ0) is 18.4. The predicted molar refractivity (Wildman–Crippen MR) is 96.2 cm³/mol. The van der Waals surface area contributed by atoms with E-state index in [9.17, 15) is 14.4 Å². The van der Waals surface area contributed by atoms with Gasteiger partial charge in [-0.3, -0.25) is 9.59 Å². The summed E-state index contributed by atoms with van der Waals surface area (Å²) in [6.07, 6.45) is 0.171. The number of rotatable bonds is 7. The second-order valence-corrected chi connectivity index (χ2v) is 6.49. The molecule has 2 aromatic rings. The highest BCUT2D eigenvalue weighted by Gasteiger charge is 2.18. The minimum Gasteiger partial charge on any atom is -0.462 e. The molecule has 0 spiro atoms. The molecule has 1 heterocycles. The quantitative estimate of drug-likeness (QED) is 0.603. The third kappa shape index (κ3) is 5.22. The number of aryl methyl sites for hydroxylation is 2. The van der Waals surface area contributed by atoms with Gasteiger partial charge in [-0.15, -0.1) is 0 Å². The maximum absolute atomic E-state index is 12.1. The second-order valence-electron chi connectivity index (χ2n) is 5.49. The number of hydrogen-bond donors (Lipinski definition) is 1. The molecule has 25 heavy (non-hydrogen) atoms. The summed E-state index contributed by atoms with van der Waals surface area (Å²) in [7, 11) is 0. The molecule has 1 amide bonds. The molecule has 0 aliphatic carbocycles. The number of nitrogens with zero attached hydrogens (tertiary/aromatic N) is 1. The van der Waals surface area contributed by atoms with Gasteiger partial charge < -0.3 is 10.1 Å². The Balaban J connectivity index is 1.90. The van der Waals surface area contributed by atoms with Crippen molar-refractivity contribution in [3.05, 3.63) is 46.0 Å². The third-order valence-corrected chi connectivity index (χ3v) is 4.51. The highest BCUT2D eigenvalue weighted by atomic mass is 32.1. The SMILES string of the molecule is CCOC(=O)c1sc(NC(=O)CCC(=O)c2ccc(C)cc2)nc1C. The van der Waals surface area contributed by atoms with Crippen molar-refractivity contribution in [3.63, 3.8) is 0 Å². The maximum atomic E-state index is 12.1. The van der Waals surface area contributed by atoms with Crippen molar-refractivity contribution >= 4 is 34.1 Å². The first-order valence-corrected chi connectivity index (χ1v) is 8.76. The van der Waals surface area contributed by atoms with E-state index in [0.717, 1.165) is 16.9 Å². The molecule has 1 aromatic heterocycles. The third-order valence-electron chi connectivity index (χ3n) is 3.46. The van der Waals surface area contributed by atoms with Crippen molar-refractivity contribution in [1.82, 2.24) is 4.98 Å². The molecule has 0 aliphatic rings. The van der Waals surface area contributed by atoms with Gasteiger partial charge in [-0.2, -0.15) is 0 Å². The van der Waals surface area contributed by atoms with Gasteiger partial charge in [-0.05, 0) is 20.8 Å². The van der Waals surface area contributed by atoms with Gasteiger partial charge in [0.2, 0.25) is 5.91 Å². The fourth-order valence-corrected chi connectivity index (χ4v) is 3.00. The smallest absolute Gasteiger partial charge is 0.350 e. The van der Waals surface area contributed by atoms with Gasteiger partial charge in [0.1, 0.15) is 4.88 Å².